The van der Waals surface area contributed by atoms with Gasteiger partial charge in [-0.05, 0) is 38.5 Å². The molecule has 1 aliphatic rings. The molecule has 1 aromatic carbocycles. The van der Waals surface area contributed by atoms with Crippen molar-refractivity contribution in [3.8, 4) is 5.75 Å². The molecule has 6 nitrogen and oxygen atoms in total. The Morgan fingerprint density at radius 1 is 1.39 bits per heavy atom. The molecule has 3 rings (SSSR count). The molecule has 1 atom stereocenters. The number of hydrogen-bond acceptors (Lipinski definition) is 5. The summed E-state index contributed by atoms with van der Waals surface area (Å²) in [5, 5.41) is 3.52. The lowest BCUT2D eigenvalue weighted by molar-refractivity contribution is 0.0915. The predicted octanol–water partition coefficient (Wildman–Crippen LogP) is 2.06. The molecule has 7 heteroatoms. The number of rotatable bonds is 3. The largest absolute Gasteiger partial charge is 0.497 e. The fourth-order valence-electron chi connectivity index (χ4n) is 3.05. The van der Waals surface area contributed by atoms with Crippen LogP contribution in [-0.4, -0.2) is 38.5 Å². The minimum absolute atomic E-state index is 0.0378. The third-order valence-electron chi connectivity index (χ3n) is 4.22. The molecular weight excluding hydrogens is 318 g/mol. The number of methoxy groups -OCH3 is 1. The highest BCUT2D eigenvalue weighted by Gasteiger charge is 2.40. The molecule has 1 amide bonds. The molecule has 2 aromatic rings. The van der Waals surface area contributed by atoms with Crippen molar-refractivity contribution in [3.63, 3.8) is 0 Å². The van der Waals surface area contributed by atoms with E-state index < -0.39 is 15.4 Å². The van der Waals surface area contributed by atoms with Crippen molar-refractivity contribution in [2.75, 3.05) is 18.6 Å². The van der Waals surface area contributed by atoms with E-state index in [1.165, 1.54) is 0 Å². The SMILES string of the molecule is COc1ccc2oc(C)c(C(=O)NC3(C)CCS(=O)(=O)C3)c2c1. The van der Waals surface area contributed by atoms with Gasteiger partial charge < -0.3 is 14.5 Å². The van der Waals surface area contributed by atoms with Gasteiger partial charge in [-0.2, -0.15) is 0 Å². The zero-order valence-electron chi connectivity index (χ0n) is 13.3. The van der Waals surface area contributed by atoms with Gasteiger partial charge in [-0.3, -0.25) is 4.79 Å². The average molecular weight is 337 g/mol. The average Bonchev–Trinajstić information content (AvgIpc) is 2.93. The second kappa shape index (κ2) is 5.26. The standard InChI is InChI=1S/C16H19NO5S/c1-10-14(12-8-11(21-3)4-5-13(12)22-10)15(18)17-16(2)6-7-23(19,20)9-16/h4-5,8H,6-7,9H2,1-3H3,(H,17,18). The Kier molecular flexibility index (Phi) is 3.63. The highest BCUT2D eigenvalue weighted by Crippen LogP contribution is 2.30. The second-order valence-electron chi connectivity index (χ2n) is 6.25. The van der Waals surface area contributed by atoms with Crippen molar-refractivity contribution in [1.82, 2.24) is 5.32 Å². The number of fused-ring (bicyclic) bond motifs is 1. The monoisotopic (exact) mass is 337 g/mol. The van der Waals surface area contributed by atoms with Crippen molar-refractivity contribution < 1.29 is 22.4 Å². The molecule has 1 N–H and O–H groups in total. The Balaban J connectivity index is 1.96. The molecule has 1 unspecified atom stereocenters. The van der Waals surface area contributed by atoms with Crippen LogP contribution >= 0.6 is 0 Å². The molecule has 1 fully saturated rings. The third-order valence-corrected chi connectivity index (χ3v) is 6.12. The fraction of sp³-hybridized carbons (Fsp3) is 0.438. The number of aryl methyl sites for hydroxylation is 1. The lowest BCUT2D eigenvalue weighted by atomic mass is 10.0. The second-order valence-corrected chi connectivity index (χ2v) is 8.44. The summed E-state index contributed by atoms with van der Waals surface area (Å²) in [6.45, 7) is 3.47. The first kappa shape index (κ1) is 15.9. The van der Waals surface area contributed by atoms with Gasteiger partial charge >= 0.3 is 0 Å². The highest BCUT2D eigenvalue weighted by molar-refractivity contribution is 7.91. The third kappa shape index (κ3) is 2.93. The van der Waals surface area contributed by atoms with Crippen LogP contribution in [0.4, 0.5) is 0 Å². The molecule has 0 bridgehead atoms. The number of benzene rings is 1. The first-order valence-corrected chi connectivity index (χ1v) is 9.15. The van der Waals surface area contributed by atoms with E-state index in [0.29, 0.717) is 34.5 Å². The van der Waals surface area contributed by atoms with E-state index in [0.717, 1.165) is 0 Å². The molecular formula is C16H19NO5S. The summed E-state index contributed by atoms with van der Waals surface area (Å²) >= 11 is 0. The van der Waals surface area contributed by atoms with Crippen LogP contribution in [0.25, 0.3) is 11.0 Å². The molecule has 0 aliphatic carbocycles. The molecule has 124 valence electrons. The van der Waals surface area contributed by atoms with Crippen molar-refractivity contribution in [1.29, 1.82) is 0 Å². The molecule has 23 heavy (non-hydrogen) atoms. The summed E-state index contributed by atoms with van der Waals surface area (Å²) in [7, 11) is -1.54. The van der Waals surface area contributed by atoms with Gasteiger partial charge in [0.1, 0.15) is 17.1 Å². The van der Waals surface area contributed by atoms with Crippen LogP contribution in [0.2, 0.25) is 0 Å². The quantitative estimate of drug-likeness (QED) is 0.926. The van der Waals surface area contributed by atoms with Gasteiger partial charge in [0.15, 0.2) is 9.84 Å². The first-order valence-electron chi connectivity index (χ1n) is 7.33. The number of hydrogen-bond donors (Lipinski definition) is 1. The summed E-state index contributed by atoms with van der Waals surface area (Å²) < 4.78 is 34.2. The number of amides is 1. The summed E-state index contributed by atoms with van der Waals surface area (Å²) in [5.74, 6) is 0.860. The highest BCUT2D eigenvalue weighted by atomic mass is 32.2. The summed E-state index contributed by atoms with van der Waals surface area (Å²) in [6, 6.07) is 5.26. The molecule has 0 radical (unpaired) electrons. The Labute approximate surface area is 134 Å². The number of nitrogens with one attached hydrogen (secondary N) is 1. The first-order chi connectivity index (χ1) is 10.7. The Bertz CT molecular complexity index is 883. The van der Waals surface area contributed by atoms with Crippen LogP contribution in [0.1, 0.15) is 29.5 Å². The zero-order valence-corrected chi connectivity index (χ0v) is 14.1. The number of sulfone groups is 1. The number of furan rings is 1. The normalized spacial score (nSPS) is 23.1. The topological polar surface area (TPSA) is 85.6 Å². The van der Waals surface area contributed by atoms with Crippen LogP contribution in [0.5, 0.6) is 5.75 Å². The number of ether oxygens (including phenoxy) is 1. The smallest absolute Gasteiger partial charge is 0.255 e. The van der Waals surface area contributed by atoms with Crippen LogP contribution in [0.3, 0.4) is 0 Å². The van der Waals surface area contributed by atoms with Gasteiger partial charge in [0.05, 0.1) is 29.7 Å². The van der Waals surface area contributed by atoms with Crippen molar-refractivity contribution in [2.24, 2.45) is 0 Å². The van der Waals surface area contributed by atoms with E-state index >= 15 is 0 Å². The summed E-state index contributed by atoms with van der Waals surface area (Å²) in [4.78, 5) is 12.7. The Morgan fingerprint density at radius 3 is 2.74 bits per heavy atom. The van der Waals surface area contributed by atoms with E-state index in [1.54, 1.807) is 39.2 Å². The van der Waals surface area contributed by atoms with E-state index in [4.69, 9.17) is 9.15 Å². The van der Waals surface area contributed by atoms with Crippen molar-refractivity contribution in [2.45, 2.75) is 25.8 Å². The molecule has 2 heterocycles. The van der Waals surface area contributed by atoms with E-state index in [1.807, 2.05) is 0 Å². The van der Waals surface area contributed by atoms with Gasteiger partial charge in [0.2, 0.25) is 0 Å². The van der Waals surface area contributed by atoms with Crippen LogP contribution < -0.4 is 10.1 Å². The fourth-order valence-corrected chi connectivity index (χ4v) is 5.15. The maximum atomic E-state index is 12.7. The zero-order chi connectivity index (χ0) is 16.8. The van der Waals surface area contributed by atoms with E-state index in [9.17, 15) is 13.2 Å². The van der Waals surface area contributed by atoms with Gasteiger partial charge in [-0.25, -0.2) is 8.42 Å². The molecule has 0 saturated carbocycles. The minimum atomic E-state index is -3.09. The van der Waals surface area contributed by atoms with Gasteiger partial charge in [-0.1, -0.05) is 0 Å². The summed E-state index contributed by atoms with van der Waals surface area (Å²) in [5.41, 5.74) is 0.271. The number of carbonyl (C=O) groups excluding carboxylic acids is 1. The maximum absolute atomic E-state index is 12.7. The Morgan fingerprint density at radius 2 is 2.13 bits per heavy atom. The van der Waals surface area contributed by atoms with Crippen molar-refractivity contribution in [3.05, 3.63) is 29.5 Å². The number of carbonyl (C=O) groups is 1. The molecule has 1 saturated heterocycles. The van der Waals surface area contributed by atoms with Crippen LogP contribution in [-0.2, 0) is 9.84 Å². The Hall–Kier alpha value is -2.02. The lowest BCUT2D eigenvalue weighted by Gasteiger charge is -2.23. The minimum Gasteiger partial charge on any atom is -0.497 e. The van der Waals surface area contributed by atoms with Gasteiger partial charge in [-0.15, -0.1) is 0 Å². The van der Waals surface area contributed by atoms with E-state index in [2.05, 4.69) is 5.32 Å². The van der Waals surface area contributed by atoms with Crippen LogP contribution in [0, 0.1) is 6.92 Å². The van der Waals surface area contributed by atoms with E-state index in [-0.39, 0.29) is 17.4 Å². The lowest BCUT2D eigenvalue weighted by Crippen LogP contribution is -2.47. The molecule has 1 aliphatic heterocycles. The summed E-state index contributed by atoms with van der Waals surface area (Å²) in [6.07, 6.45) is 0.416. The molecule has 1 aromatic heterocycles. The predicted molar refractivity (Wildman–Crippen MR) is 86.6 cm³/mol. The van der Waals surface area contributed by atoms with Crippen molar-refractivity contribution >= 4 is 26.7 Å². The maximum Gasteiger partial charge on any atom is 0.255 e. The van der Waals surface area contributed by atoms with Gasteiger partial charge in [0, 0.05) is 5.39 Å². The molecule has 0 spiro atoms. The van der Waals surface area contributed by atoms with Gasteiger partial charge in [0.25, 0.3) is 5.91 Å². The van der Waals surface area contributed by atoms with Crippen LogP contribution in [0.15, 0.2) is 22.6 Å².